The maximum atomic E-state index is 12.8. The lowest BCUT2D eigenvalue weighted by Crippen LogP contribution is -2.22. The van der Waals surface area contributed by atoms with E-state index >= 15 is 0 Å². The van der Waals surface area contributed by atoms with Crippen molar-refractivity contribution >= 4 is 5.52 Å². The second-order valence-electron chi connectivity index (χ2n) is 6.14. The predicted molar refractivity (Wildman–Crippen MR) is 86.4 cm³/mol. The molecule has 0 spiro atoms. The first-order valence-corrected chi connectivity index (χ1v) is 7.87. The first-order valence-electron chi connectivity index (χ1n) is 7.87. The summed E-state index contributed by atoms with van der Waals surface area (Å²) in [5.74, 6) is 0. The maximum Gasteiger partial charge on any atom is 0.277 e. The Bertz CT molecular complexity index is 887. The van der Waals surface area contributed by atoms with Crippen LogP contribution in [0.2, 0.25) is 0 Å². The number of aryl methyl sites for hydroxylation is 3. The normalized spacial score (nSPS) is 14.2. The molecule has 0 aliphatic heterocycles. The van der Waals surface area contributed by atoms with Gasteiger partial charge >= 0.3 is 0 Å². The van der Waals surface area contributed by atoms with E-state index in [4.69, 9.17) is 0 Å². The Hall–Kier alpha value is -2.36. The van der Waals surface area contributed by atoms with Crippen molar-refractivity contribution in [3.05, 3.63) is 69.4 Å². The Morgan fingerprint density at radius 1 is 1.09 bits per heavy atom. The molecule has 1 aliphatic rings. The van der Waals surface area contributed by atoms with Crippen molar-refractivity contribution in [2.45, 2.75) is 39.2 Å². The van der Waals surface area contributed by atoms with Gasteiger partial charge in [0.25, 0.3) is 5.56 Å². The average molecular weight is 293 g/mol. The van der Waals surface area contributed by atoms with Gasteiger partial charge in [-0.15, -0.1) is 0 Å². The first-order chi connectivity index (χ1) is 10.7. The fraction of sp³-hybridized carbons (Fsp3) is 0.333. The van der Waals surface area contributed by atoms with Gasteiger partial charge in [-0.3, -0.25) is 4.79 Å². The van der Waals surface area contributed by atoms with E-state index < -0.39 is 0 Å². The second-order valence-corrected chi connectivity index (χ2v) is 6.14. The fourth-order valence-electron chi connectivity index (χ4n) is 3.27. The molecule has 2 aromatic heterocycles. The molecule has 112 valence electrons. The topological polar surface area (TPSA) is 39.3 Å². The molecule has 4 nitrogen and oxygen atoms in total. The highest BCUT2D eigenvalue weighted by Gasteiger charge is 2.19. The summed E-state index contributed by atoms with van der Waals surface area (Å²) >= 11 is 0. The molecule has 0 fully saturated rings. The molecular formula is C18H19N3O. The number of rotatable bonds is 2. The largest absolute Gasteiger partial charge is 0.308 e. The third-order valence-electron chi connectivity index (χ3n) is 4.51. The third kappa shape index (κ3) is 2.15. The maximum absolute atomic E-state index is 12.8. The van der Waals surface area contributed by atoms with Crippen LogP contribution in [-0.4, -0.2) is 14.2 Å². The van der Waals surface area contributed by atoms with E-state index in [0.717, 1.165) is 41.6 Å². The molecule has 2 heterocycles. The van der Waals surface area contributed by atoms with Crippen LogP contribution in [0.3, 0.4) is 0 Å². The lowest BCUT2D eigenvalue weighted by atomic mass is 9.97. The number of fused-ring (bicyclic) bond motifs is 3. The van der Waals surface area contributed by atoms with Crippen LogP contribution in [-0.2, 0) is 19.4 Å². The molecule has 0 saturated carbocycles. The zero-order valence-corrected chi connectivity index (χ0v) is 12.7. The van der Waals surface area contributed by atoms with Crippen molar-refractivity contribution in [1.29, 1.82) is 0 Å². The van der Waals surface area contributed by atoms with Crippen LogP contribution >= 0.6 is 0 Å². The van der Waals surface area contributed by atoms with Gasteiger partial charge in [0.15, 0.2) is 0 Å². The predicted octanol–water partition coefficient (Wildman–Crippen LogP) is 2.73. The molecule has 0 bridgehead atoms. The van der Waals surface area contributed by atoms with Crippen molar-refractivity contribution in [3.63, 3.8) is 0 Å². The van der Waals surface area contributed by atoms with Crippen LogP contribution in [0.25, 0.3) is 5.52 Å². The van der Waals surface area contributed by atoms with Gasteiger partial charge in [-0.1, -0.05) is 29.8 Å². The minimum Gasteiger partial charge on any atom is -0.308 e. The lowest BCUT2D eigenvalue weighted by Gasteiger charge is -2.09. The Morgan fingerprint density at radius 3 is 2.68 bits per heavy atom. The van der Waals surface area contributed by atoms with Gasteiger partial charge < -0.3 is 4.57 Å². The highest BCUT2D eigenvalue weighted by molar-refractivity contribution is 5.55. The van der Waals surface area contributed by atoms with E-state index in [0.29, 0.717) is 6.54 Å². The van der Waals surface area contributed by atoms with E-state index in [9.17, 15) is 4.79 Å². The van der Waals surface area contributed by atoms with Crippen LogP contribution in [0.4, 0.5) is 0 Å². The van der Waals surface area contributed by atoms with E-state index in [-0.39, 0.29) is 5.56 Å². The standard InChI is InChI=1S/C18H19N3O/c1-13-6-8-14(9-7-13)12-20-10-11-21-17(18(20)22)15-4-2-3-5-16(15)19-21/h6-11H,2-5,12H2,1H3. The van der Waals surface area contributed by atoms with Crippen LogP contribution in [0, 0.1) is 6.92 Å². The SMILES string of the molecule is Cc1ccc(Cn2ccn3nc4c(c3c2=O)CCCC4)cc1. The first kappa shape index (κ1) is 13.3. The monoisotopic (exact) mass is 293 g/mol. The number of nitrogens with zero attached hydrogens (tertiary/aromatic N) is 3. The van der Waals surface area contributed by atoms with Crippen molar-refractivity contribution in [2.24, 2.45) is 0 Å². The lowest BCUT2D eigenvalue weighted by molar-refractivity contribution is 0.673. The molecule has 4 rings (SSSR count). The van der Waals surface area contributed by atoms with Gasteiger partial charge in [0, 0.05) is 18.0 Å². The van der Waals surface area contributed by atoms with Gasteiger partial charge in [0.05, 0.1) is 12.2 Å². The summed E-state index contributed by atoms with van der Waals surface area (Å²) in [6.45, 7) is 2.68. The molecule has 1 aliphatic carbocycles. The Morgan fingerprint density at radius 2 is 1.86 bits per heavy atom. The van der Waals surface area contributed by atoms with Crippen molar-refractivity contribution < 1.29 is 0 Å². The van der Waals surface area contributed by atoms with E-state index in [1.54, 1.807) is 9.08 Å². The van der Waals surface area contributed by atoms with E-state index in [1.807, 2.05) is 12.4 Å². The molecule has 4 heteroatoms. The van der Waals surface area contributed by atoms with Crippen molar-refractivity contribution in [2.75, 3.05) is 0 Å². The van der Waals surface area contributed by atoms with Crippen molar-refractivity contribution in [1.82, 2.24) is 14.2 Å². The molecule has 0 N–H and O–H groups in total. The number of hydrogen-bond acceptors (Lipinski definition) is 2. The van der Waals surface area contributed by atoms with Gasteiger partial charge in [0.1, 0.15) is 5.52 Å². The number of aromatic nitrogens is 3. The zero-order chi connectivity index (χ0) is 15.1. The molecular weight excluding hydrogens is 274 g/mol. The average Bonchev–Trinajstić information content (AvgIpc) is 2.91. The summed E-state index contributed by atoms with van der Waals surface area (Å²) in [6, 6.07) is 8.33. The van der Waals surface area contributed by atoms with Gasteiger partial charge in [0.2, 0.25) is 0 Å². The Labute approximate surface area is 129 Å². The number of benzene rings is 1. The minimum absolute atomic E-state index is 0.0683. The quantitative estimate of drug-likeness (QED) is 0.729. The smallest absolute Gasteiger partial charge is 0.277 e. The summed E-state index contributed by atoms with van der Waals surface area (Å²) in [5.41, 5.74) is 5.48. The summed E-state index contributed by atoms with van der Waals surface area (Å²) in [6.07, 6.45) is 8.04. The minimum atomic E-state index is 0.0683. The van der Waals surface area contributed by atoms with E-state index in [2.05, 4.69) is 36.3 Å². The van der Waals surface area contributed by atoms with Crippen molar-refractivity contribution in [3.8, 4) is 0 Å². The zero-order valence-electron chi connectivity index (χ0n) is 12.7. The second kappa shape index (κ2) is 5.13. The Balaban J connectivity index is 1.80. The number of hydrogen-bond donors (Lipinski definition) is 0. The molecule has 0 unspecified atom stereocenters. The van der Waals surface area contributed by atoms with Crippen LogP contribution in [0.5, 0.6) is 0 Å². The van der Waals surface area contributed by atoms with Crippen LogP contribution in [0.15, 0.2) is 41.5 Å². The summed E-state index contributed by atoms with van der Waals surface area (Å²) in [5, 5.41) is 4.58. The molecule has 3 aromatic rings. The molecule has 0 amide bonds. The van der Waals surface area contributed by atoms with Gasteiger partial charge in [-0.25, -0.2) is 4.52 Å². The van der Waals surface area contributed by atoms with E-state index in [1.165, 1.54) is 12.0 Å². The fourth-order valence-corrected chi connectivity index (χ4v) is 3.27. The molecule has 22 heavy (non-hydrogen) atoms. The summed E-state index contributed by atoms with van der Waals surface area (Å²) in [7, 11) is 0. The molecule has 0 saturated heterocycles. The van der Waals surface area contributed by atoms with Crippen LogP contribution in [0.1, 0.15) is 35.2 Å². The van der Waals surface area contributed by atoms with Gasteiger partial charge in [-0.05, 0) is 38.2 Å². The third-order valence-corrected chi connectivity index (χ3v) is 4.51. The molecule has 0 radical (unpaired) electrons. The summed E-state index contributed by atoms with van der Waals surface area (Å²) in [4.78, 5) is 12.8. The molecule has 1 aromatic carbocycles. The van der Waals surface area contributed by atoms with Crippen LogP contribution < -0.4 is 5.56 Å². The molecule has 0 atom stereocenters. The highest BCUT2D eigenvalue weighted by Crippen LogP contribution is 2.22. The highest BCUT2D eigenvalue weighted by atomic mass is 16.1. The summed E-state index contributed by atoms with van der Waals surface area (Å²) < 4.78 is 3.56. The Kier molecular flexibility index (Phi) is 3.10. The van der Waals surface area contributed by atoms with Gasteiger partial charge in [-0.2, -0.15) is 5.10 Å².